The molecule has 3 fully saturated rings. The largest absolute Gasteiger partial charge is 0.461 e. The van der Waals surface area contributed by atoms with Gasteiger partial charge in [0.15, 0.2) is 5.78 Å². The van der Waals surface area contributed by atoms with Crippen LogP contribution in [0.3, 0.4) is 0 Å². The predicted octanol–water partition coefficient (Wildman–Crippen LogP) is 4.47. The molecular formula is C23H33IO4. The Morgan fingerprint density at radius 1 is 1.29 bits per heavy atom. The second-order valence-corrected chi connectivity index (χ2v) is 11.0. The van der Waals surface area contributed by atoms with Crippen molar-refractivity contribution in [1.82, 2.24) is 0 Å². The number of carbonyl (C=O) groups is 2. The first-order valence-electron chi connectivity index (χ1n) is 10.9. The molecule has 156 valence electrons. The van der Waals surface area contributed by atoms with Gasteiger partial charge in [0.2, 0.25) is 0 Å². The van der Waals surface area contributed by atoms with Gasteiger partial charge in [0.25, 0.3) is 0 Å². The SMILES string of the molecule is CC(=O)C1=CC[C@H]2[C@@H]3CC[C@H]4C[C@@H](O)CC[C@]4(C)[C@H]3[C@@H](OC(=O)CI)C[C@]12C. The summed E-state index contributed by atoms with van der Waals surface area (Å²) in [5.41, 5.74) is 0.886. The van der Waals surface area contributed by atoms with Gasteiger partial charge in [-0.25, -0.2) is 0 Å². The van der Waals surface area contributed by atoms with E-state index in [1.807, 2.05) is 0 Å². The number of allylic oxidation sites excluding steroid dienone is 2. The molecule has 0 saturated heterocycles. The highest BCUT2D eigenvalue weighted by Gasteiger charge is 2.63. The summed E-state index contributed by atoms with van der Waals surface area (Å²) in [5, 5.41) is 10.3. The first-order valence-corrected chi connectivity index (χ1v) is 12.4. The number of esters is 1. The minimum Gasteiger partial charge on any atom is -0.461 e. The van der Waals surface area contributed by atoms with Gasteiger partial charge in [-0.3, -0.25) is 9.59 Å². The summed E-state index contributed by atoms with van der Waals surface area (Å²) >= 11 is 2.08. The number of carbonyl (C=O) groups excluding carboxylic acids is 2. The summed E-state index contributed by atoms with van der Waals surface area (Å²) < 4.78 is 6.47. The van der Waals surface area contributed by atoms with Gasteiger partial charge in [0.1, 0.15) is 6.10 Å². The molecule has 0 bridgehead atoms. The average molecular weight is 500 g/mol. The van der Waals surface area contributed by atoms with Crippen LogP contribution in [-0.2, 0) is 14.3 Å². The van der Waals surface area contributed by atoms with Crippen molar-refractivity contribution >= 4 is 34.3 Å². The highest BCUT2D eigenvalue weighted by atomic mass is 127. The van der Waals surface area contributed by atoms with Gasteiger partial charge in [-0.1, -0.05) is 42.5 Å². The Morgan fingerprint density at radius 2 is 2.04 bits per heavy atom. The number of aliphatic hydroxyl groups excluding tert-OH is 1. The highest BCUT2D eigenvalue weighted by Crippen LogP contribution is 2.66. The zero-order valence-electron chi connectivity index (χ0n) is 17.2. The van der Waals surface area contributed by atoms with E-state index in [1.54, 1.807) is 6.92 Å². The smallest absolute Gasteiger partial charge is 0.316 e. The molecule has 4 nitrogen and oxygen atoms in total. The molecule has 0 aliphatic heterocycles. The molecule has 0 amide bonds. The third-order valence-electron chi connectivity index (χ3n) is 8.90. The average Bonchev–Trinajstić information content (AvgIpc) is 2.98. The Morgan fingerprint density at radius 3 is 2.71 bits per heavy atom. The maximum atomic E-state index is 12.4. The molecule has 0 aromatic rings. The van der Waals surface area contributed by atoms with Gasteiger partial charge in [-0.05, 0) is 80.6 Å². The molecule has 0 radical (unpaired) electrons. The first kappa shape index (κ1) is 20.8. The molecule has 4 aliphatic carbocycles. The van der Waals surface area contributed by atoms with E-state index in [0.29, 0.717) is 28.1 Å². The molecule has 5 heteroatoms. The van der Waals surface area contributed by atoms with Crippen LogP contribution in [0, 0.1) is 34.5 Å². The van der Waals surface area contributed by atoms with Gasteiger partial charge in [-0.15, -0.1) is 0 Å². The summed E-state index contributed by atoms with van der Waals surface area (Å²) in [5.74, 6) is 1.82. The summed E-state index contributed by atoms with van der Waals surface area (Å²) in [4.78, 5) is 24.7. The van der Waals surface area contributed by atoms with E-state index < -0.39 is 0 Å². The number of Topliss-reactive ketones (excluding diaryl/α,β-unsaturated/α-hetero) is 1. The molecule has 0 aromatic carbocycles. The lowest BCUT2D eigenvalue weighted by atomic mass is 9.44. The number of hydrogen-bond donors (Lipinski definition) is 1. The van der Waals surface area contributed by atoms with E-state index in [0.717, 1.165) is 50.5 Å². The molecule has 4 aliphatic rings. The van der Waals surface area contributed by atoms with Crippen molar-refractivity contribution < 1.29 is 19.4 Å². The Kier molecular flexibility index (Phi) is 5.48. The molecule has 0 heterocycles. The first-order chi connectivity index (χ1) is 13.2. The predicted molar refractivity (Wildman–Crippen MR) is 116 cm³/mol. The maximum absolute atomic E-state index is 12.4. The molecule has 0 aromatic heterocycles. The van der Waals surface area contributed by atoms with Crippen LogP contribution >= 0.6 is 22.6 Å². The normalized spacial score (nSPS) is 47.4. The van der Waals surface area contributed by atoms with E-state index in [2.05, 4.69) is 42.5 Å². The number of halogens is 1. The molecule has 8 atom stereocenters. The summed E-state index contributed by atoms with van der Waals surface area (Å²) in [6.07, 6.45) is 8.60. The van der Waals surface area contributed by atoms with Crippen LogP contribution in [0.25, 0.3) is 0 Å². The maximum Gasteiger partial charge on any atom is 0.316 e. The number of rotatable bonds is 3. The lowest BCUT2D eigenvalue weighted by molar-refractivity contribution is -0.191. The fourth-order valence-corrected chi connectivity index (χ4v) is 7.93. The Hall–Kier alpha value is -0.430. The van der Waals surface area contributed by atoms with E-state index in [9.17, 15) is 14.7 Å². The zero-order chi connectivity index (χ0) is 20.3. The lowest BCUT2D eigenvalue weighted by Crippen LogP contribution is -2.59. The monoisotopic (exact) mass is 500 g/mol. The summed E-state index contributed by atoms with van der Waals surface area (Å²) in [6.45, 7) is 6.30. The van der Waals surface area contributed by atoms with Gasteiger partial charge in [0, 0.05) is 11.3 Å². The van der Waals surface area contributed by atoms with Gasteiger partial charge >= 0.3 is 5.97 Å². The van der Waals surface area contributed by atoms with Crippen molar-refractivity contribution in [3.63, 3.8) is 0 Å². The standard InChI is InChI=1S/C23H33IO4/c1-13(25)17-6-7-18-16-5-4-14-10-15(26)8-9-22(14,2)21(16)19(11-23(17,18)3)28-20(27)12-24/h6,14-16,18-19,21,26H,4-5,7-12H2,1-3H3/t14-,15-,16-,18-,19-,21+,22-,23+/m0/s1. The van der Waals surface area contributed by atoms with Crippen LogP contribution in [0.4, 0.5) is 0 Å². The second-order valence-electron chi connectivity index (χ2n) is 10.2. The molecular weight excluding hydrogens is 467 g/mol. The molecule has 4 rings (SSSR count). The summed E-state index contributed by atoms with van der Waals surface area (Å²) in [6, 6.07) is 0. The van der Waals surface area contributed by atoms with Crippen LogP contribution in [0.5, 0.6) is 0 Å². The van der Waals surface area contributed by atoms with Gasteiger partial charge in [-0.2, -0.15) is 0 Å². The van der Waals surface area contributed by atoms with E-state index in [1.165, 1.54) is 0 Å². The number of ether oxygens (including phenoxy) is 1. The van der Waals surface area contributed by atoms with E-state index in [-0.39, 0.29) is 34.8 Å². The summed E-state index contributed by atoms with van der Waals surface area (Å²) in [7, 11) is 0. The van der Waals surface area contributed by atoms with Crippen molar-refractivity contribution in [2.75, 3.05) is 4.43 Å². The van der Waals surface area contributed by atoms with Crippen molar-refractivity contribution in [3.8, 4) is 0 Å². The topological polar surface area (TPSA) is 63.6 Å². The van der Waals surface area contributed by atoms with E-state index in [4.69, 9.17) is 4.74 Å². The quantitative estimate of drug-likeness (QED) is 0.353. The Balaban J connectivity index is 1.73. The van der Waals surface area contributed by atoms with Crippen LogP contribution < -0.4 is 0 Å². The molecule has 3 saturated carbocycles. The van der Waals surface area contributed by atoms with Crippen LogP contribution in [-0.4, -0.2) is 33.5 Å². The molecule has 1 N–H and O–H groups in total. The Labute approximate surface area is 182 Å². The number of aliphatic hydroxyl groups is 1. The second kappa shape index (κ2) is 7.36. The zero-order valence-corrected chi connectivity index (χ0v) is 19.4. The fourth-order valence-electron chi connectivity index (χ4n) is 7.75. The molecule has 0 spiro atoms. The van der Waals surface area contributed by atoms with Crippen molar-refractivity contribution in [2.45, 2.75) is 77.9 Å². The fraction of sp³-hybridized carbons (Fsp3) is 0.826. The van der Waals surface area contributed by atoms with Crippen molar-refractivity contribution in [2.24, 2.45) is 34.5 Å². The molecule has 28 heavy (non-hydrogen) atoms. The van der Waals surface area contributed by atoms with Crippen LogP contribution in [0.2, 0.25) is 0 Å². The van der Waals surface area contributed by atoms with Gasteiger partial charge in [0.05, 0.1) is 10.5 Å². The van der Waals surface area contributed by atoms with Crippen LogP contribution in [0.15, 0.2) is 11.6 Å². The number of alkyl halides is 1. The number of ketones is 1. The van der Waals surface area contributed by atoms with Crippen molar-refractivity contribution in [1.29, 1.82) is 0 Å². The van der Waals surface area contributed by atoms with Crippen LogP contribution in [0.1, 0.15) is 65.7 Å². The lowest BCUT2D eigenvalue weighted by Gasteiger charge is -2.62. The minimum absolute atomic E-state index is 0.110. The van der Waals surface area contributed by atoms with Crippen molar-refractivity contribution in [3.05, 3.63) is 11.6 Å². The Bertz CT molecular complexity index is 703. The van der Waals surface area contributed by atoms with Gasteiger partial charge < -0.3 is 9.84 Å². The number of hydrogen-bond acceptors (Lipinski definition) is 4. The highest BCUT2D eigenvalue weighted by molar-refractivity contribution is 14.1. The number of fused-ring (bicyclic) bond motifs is 5. The van der Waals surface area contributed by atoms with E-state index >= 15 is 0 Å². The third kappa shape index (κ3) is 3.10. The molecule has 0 unspecified atom stereocenters. The minimum atomic E-state index is -0.184. The third-order valence-corrected chi connectivity index (χ3v) is 9.52.